The molecule has 0 heterocycles. The van der Waals surface area contributed by atoms with Gasteiger partial charge in [0.15, 0.2) is 0 Å². The first-order valence-corrected chi connectivity index (χ1v) is 5.08. The van der Waals surface area contributed by atoms with E-state index in [4.69, 9.17) is 0 Å². The standard InChI is InChI=1S/C12H18FNO/c1-12(2,3)14-8-11(15)9-6-4-5-7-10(9)13/h4-7,11,14-15H,8H2,1-3H3/t11-/m1/s1. The van der Waals surface area contributed by atoms with Crippen LogP contribution in [-0.2, 0) is 0 Å². The molecule has 1 aromatic rings. The van der Waals surface area contributed by atoms with Crippen molar-refractivity contribution < 1.29 is 9.50 Å². The Kier molecular flexibility index (Phi) is 3.83. The SMILES string of the molecule is CC(C)(C)NC[C@@H](O)c1ccccc1F. The average Bonchev–Trinajstić information content (AvgIpc) is 2.14. The van der Waals surface area contributed by atoms with Crippen LogP contribution >= 0.6 is 0 Å². The third-order valence-electron chi connectivity index (χ3n) is 2.09. The van der Waals surface area contributed by atoms with Crippen molar-refractivity contribution >= 4 is 0 Å². The highest BCUT2D eigenvalue weighted by molar-refractivity contribution is 5.20. The quantitative estimate of drug-likeness (QED) is 0.803. The first kappa shape index (κ1) is 12.1. The molecular weight excluding hydrogens is 193 g/mol. The summed E-state index contributed by atoms with van der Waals surface area (Å²) in [5, 5.41) is 12.9. The van der Waals surface area contributed by atoms with Crippen molar-refractivity contribution in [2.24, 2.45) is 0 Å². The van der Waals surface area contributed by atoms with E-state index >= 15 is 0 Å². The molecule has 0 aliphatic heterocycles. The molecule has 0 unspecified atom stereocenters. The van der Waals surface area contributed by atoms with Gasteiger partial charge in [-0.15, -0.1) is 0 Å². The van der Waals surface area contributed by atoms with Crippen molar-refractivity contribution in [1.82, 2.24) is 5.32 Å². The number of hydrogen-bond acceptors (Lipinski definition) is 2. The lowest BCUT2D eigenvalue weighted by Crippen LogP contribution is -2.38. The van der Waals surface area contributed by atoms with Crippen molar-refractivity contribution in [2.75, 3.05) is 6.54 Å². The van der Waals surface area contributed by atoms with Crippen LogP contribution in [0.1, 0.15) is 32.4 Å². The summed E-state index contributed by atoms with van der Waals surface area (Å²) in [6.45, 7) is 6.35. The highest BCUT2D eigenvalue weighted by Crippen LogP contribution is 2.16. The predicted molar refractivity (Wildman–Crippen MR) is 59.1 cm³/mol. The topological polar surface area (TPSA) is 32.3 Å². The molecule has 0 aliphatic rings. The minimum atomic E-state index is -0.801. The number of rotatable bonds is 3. The van der Waals surface area contributed by atoms with Gasteiger partial charge in [-0.1, -0.05) is 18.2 Å². The molecule has 0 bridgehead atoms. The number of nitrogens with one attached hydrogen (secondary N) is 1. The van der Waals surface area contributed by atoms with Gasteiger partial charge >= 0.3 is 0 Å². The second-order valence-electron chi connectivity index (χ2n) is 4.67. The zero-order chi connectivity index (χ0) is 11.5. The van der Waals surface area contributed by atoms with E-state index in [0.29, 0.717) is 12.1 Å². The van der Waals surface area contributed by atoms with Crippen LogP contribution in [0.25, 0.3) is 0 Å². The van der Waals surface area contributed by atoms with E-state index < -0.39 is 6.10 Å². The van der Waals surface area contributed by atoms with Crippen LogP contribution in [0.15, 0.2) is 24.3 Å². The largest absolute Gasteiger partial charge is 0.387 e. The normalized spacial score (nSPS) is 13.9. The molecule has 2 N–H and O–H groups in total. The molecule has 1 atom stereocenters. The maximum Gasteiger partial charge on any atom is 0.129 e. The van der Waals surface area contributed by atoms with Gasteiger partial charge in [0.25, 0.3) is 0 Å². The van der Waals surface area contributed by atoms with Crippen LogP contribution < -0.4 is 5.32 Å². The summed E-state index contributed by atoms with van der Waals surface area (Å²) in [6, 6.07) is 6.29. The van der Waals surface area contributed by atoms with Crippen LogP contribution in [0.2, 0.25) is 0 Å². The summed E-state index contributed by atoms with van der Waals surface area (Å²) >= 11 is 0. The molecule has 0 radical (unpaired) electrons. The van der Waals surface area contributed by atoms with Gasteiger partial charge in [-0.05, 0) is 26.8 Å². The second kappa shape index (κ2) is 4.73. The fraction of sp³-hybridized carbons (Fsp3) is 0.500. The first-order valence-electron chi connectivity index (χ1n) is 5.08. The van der Waals surface area contributed by atoms with Crippen LogP contribution in [0, 0.1) is 5.82 Å². The van der Waals surface area contributed by atoms with Gasteiger partial charge < -0.3 is 10.4 Å². The summed E-state index contributed by atoms with van der Waals surface area (Å²) in [5.74, 6) is -0.360. The molecule has 1 aromatic carbocycles. The fourth-order valence-corrected chi connectivity index (χ4v) is 1.26. The molecule has 3 heteroatoms. The number of hydrogen-bond donors (Lipinski definition) is 2. The maximum absolute atomic E-state index is 13.3. The van der Waals surface area contributed by atoms with Gasteiger partial charge in [-0.2, -0.15) is 0 Å². The van der Waals surface area contributed by atoms with Crippen LogP contribution in [0.3, 0.4) is 0 Å². The van der Waals surface area contributed by atoms with E-state index in [1.165, 1.54) is 6.07 Å². The number of aliphatic hydroxyl groups excluding tert-OH is 1. The molecule has 84 valence electrons. The molecule has 0 aliphatic carbocycles. The fourth-order valence-electron chi connectivity index (χ4n) is 1.26. The Bertz CT molecular complexity index is 320. The van der Waals surface area contributed by atoms with E-state index in [0.717, 1.165) is 0 Å². The average molecular weight is 211 g/mol. The highest BCUT2D eigenvalue weighted by Gasteiger charge is 2.15. The minimum Gasteiger partial charge on any atom is -0.387 e. The Morgan fingerprint density at radius 3 is 2.47 bits per heavy atom. The summed E-state index contributed by atoms with van der Waals surface area (Å²) < 4.78 is 13.3. The molecular formula is C12H18FNO. The lowest BCUT2D eigenvalue weighted by atomic mass is 10.1. The van der Waals surface area contributed by atoms with Crippen molar-refractivity contribution in [3.8, 4) is 0 Å². The molecule has 0 saturated carbocycles. The Balaban J connectivity index is 2.62. The van der Waals surface area contributed by atoms with Crippen molar-refractivity contribution in [3.05, 3.63) is 35.6 Å². The maximum atomic E-state index is 13.3. The Labute approximate surface area is 90.1 Å². The first-order chi connectivity index (χ1) is 6.90. The molecule has 0 fully saturated rings. The van der Waals surface area contributed by atoms with Crippen molar-refractivity contribution in [2.45, 2.75) is 32.4 Å². The van der Waals surface area contributed by atoms with Gasteiger partial charge in [-0.3, -0.25) is 0 Å². The molecule has 15 heavy (non-hydrogen) atoms. The van der Waals surface area contributed by atoms with Crippen molar-refractivity contribution in [1.29, 1.82) is 0 Å². The summed E-state index contributed by atoms with van der Waals surface area (Å²) in [7, 11) is 0. The van der Waals surface area contributed by atoms with Gasteiger partial charge in [0.1, 0.15) is 5.82 Å². The second-order valence-corrected chi connectivity index (χ2v) is 4.67. The molecule has 0 amide bonds. The van der Waals surface area contributed by atoms with Gasteiger partial charge in [0, 0.05) is 17.6 Å². The van der Waals surface area contributed by atoms with Crippen LogP contribution in [0.4, 0.5) is 4.39 Å². The molecule has 2 nitrogen and oxygen atoms in total. The van der Waals surface area contributed by atoms with E-state index in [2.05, 4.69) is 5.32 Å². The third-order valence-corrected chi connectivity index (χ3v) is 2.09. The van der Waals surface area contributed by atoms with Gasteiger partial charge in [-0.25, -0.2) is 4.39 Å². The molecule has 0 saturated heterocycles. The lowest BCUT2D eigenvalue weighted by Gasteiger charge is -2.23. The number of benzene rings is 1. The zero-order valence-corrected chi connectivity index (χ0v) is 9.42. The Morgan fingerprint density at radius 1 is 1.33 bits per heavy atom. The molecule has 0 spiro atoms. The van der Waals surface area contributed by atoms with Crippen molar-refractivity contribution in [3.63, 3.8) is 0 Å². The summed E-state index contributed by atoms with van der Waals surface area (Å²) in [6.07, 6.45) is -0.801. The predicted octanol–water partition coefficient (Wildman–Crippen LogP) is 2.25. The zero-order valence-electron chi connectivity index (χ0n) is 9.42. The highest BCUT2D eigenvalue weighted by atomic mass is 19.1. The molecule has 1 rings (SSSR count). The third kappa shape index (κ3) is 3.98. The summed E-state index contributed by atoms with van der Waals surface area (Å²) in [5.41, 5.74) is 0.265. The number of aliphatic hydroxyl groups is 1. The van der Waals surface area contributed by atoms with Gasteiger partial charge in [0.2, 0.25) is 0 Å². The van der Waals surface area contributed by atoms with Gasteiger partial charge in [0.05, 0.1) is 6.10 Å². The Morgan fingerprint density at radius 2 is 1.93 bits per heavy atom. The Hall–Kier alpha value is -0.930. The van der Waals surface area contributed by atoms with E-state index in [1.807, 2.05) is 20.8 Å². The van der Waals surface area contributed by atoms with E-state index in [-0.39, 0.29) is 11.4 Å². The number of β-amino-alcohol motifs (C(OH)–C–C–N with tert-alkyl or cyclic N) is 1. The molecule has 0 aromatic heterocycles. The van der Waals surface area contributed by atoms with E-state index in [1.54, 1.807) is 18.2 Å². The number of halogens is 1. The summed E-state index contributed by atoms with van der Waals surface area (Å²) in [4.78, 5) is 0. The minimum absolute atomic E-state index is 0.0771. The van der Waals surface area contributed by atoms with Crippen LogP contribution in [-0.4, -0.2) is 17.2 Å². The smallest absolute Gasteiger partial charge is 0.129 e. The lowest BCUT2D eigenvalue weighted by molar-refractivity contribution is 0.159. The monoisotopic (exact) mass is 211 g/mol. The van der Waals surface area contributed by atoms with E-state index in [9.17, 15) is 9.50 Å². The van der Waals surface area contributed by atoms with Crippen LogP contribution in [0.5, 0.6) is 0 Å².